The maximum atomic E-state index is 11.7. The Hall–Kier alpha value is -1.88. The zero-order valence-corrected chi connectivity index (χ0v) is 11.1. The number of aromatic nitrogens is 2. The van der Waals surface area contributed by atoms with E-state index < -0.39 is 0 Å². The number of nitrogens with zero attached hydrogens (tertiary/aromatic N) is 2. The number of nitrogens with one attached hydrogen (secondary N) is 1. The summed E-state index contributed by atoms with van der Waals surface area (Å²) in [6.07, 6.45) is 6.85. The minimum absolute atomic E-state index is 0.0380. The van der Waals surface area contributed by atoms with E-state index in [1.54, 1.807) is 28.3 Å². The monoisotopic (exact) mass is 261 g/mol. The van der Waals surface area contributed by atoms with Gasteiger partial charge in [-0.15, -0.1) is 11.3 Å². The van der Waals surface area contributed by atoms with Gasteiger partial charge in [0.1, 0.15) is 0 Å². The van der Waals surface area contributed by atoms with Crippen molar-refractivity contribution in [1.82, 2.24) is 15.1 Å². The Morgan fingerprint density at radius 1 is 1.61 bits per heavy atom. The SMILES string of the molecule is C[C@@H](NC(=O)/C=C/c1cnn(C)c1)c1cccs1. The van der Waals surface area contributed by atoms with Crippen molar-refractivity contribution in [3.63, 3.8) is 0 Å². The van der Waals surface area contributed by atoms with Crippen molar-refractivity contribution in [2.75, 3.05) is 0 Å². The second-order valence-corrected chi connectivity index (χ2v) is 5.01. The first kappa shape index (κ1) is 12.6. The fraction of sp³-hybridized carbons (Fsp3) is 0.231. The standard InChI is InChI=1S/C13H15N3OS/c1-10(12-4-3-7-18-12)15-13(17)6-5-11-8-14-16(2)9-11/h3-10H,1-2H3,(H,15,17)/b6-5+/t10-/m1/s1. The molecule has 2 rings (SSSR count). The Bertz CT molecular complexity index is 542. The molecule has 1 amide bonds. The number of rotatable bonds is 4. The van der Waals surface area contributed by atoms with Crippen LogP contribution in [0.1, 0.15) is 23.4 Å². The van der Waals surface area contributed by atoms with Crippen molar-refractivity contribution in [2.45, 2.75) is 13.0 Å². The van der Waals surface area contributed by atoms with Gasteiger partial charge in [0.25, 0.3) is 0 Å². The summed E-state index contributed by atoms with van der Waals surface area (Å²) in [5.41, 5.74) is 0.913. The number of thiophene rings is 1. The zero-order chi connectivity index (χ0) is 13.0. The lowest BCUT2D eigenvalue weighted by atomic mass is 10.2. The number of carbonyl (C=O) groups is 1. The molecule has 18 heavy (non-hydrogen) atoms. The largest absolute Gasteiger partial charge is 0.345 e. The predicted octanol–water partition coefficient (Wildman–Crippen LogP) is 2.37. The van der Waals surface area contributed by atoms with E-state index in [1.165, 1.54) is 6.08 Å². The zero-order valence-electron chi connectivity index (χ0n) is 10.3. The van der Waals surface area contributed by atoms with E-state index in [0.717, 1.165) is 10.4 Å². The Labute approximate surface area is 110 Å². The van der Waals surface area contributed by atoms with Crippen LogP contribution >= 0.6 is 11.3 Å². The summed E-state index contributed by atoms with van der Waals surface area (Å²) >= 11 is 1.64. The Morgan fingerprint density at radius 3 is 3.06 bits per heavy atom. The number of aryl methyl sites for hydroxylation is 1. The third-order valence-electron chi connectivity index (χ3n) is 2.48. The molecule has 0 fully saturated rings. The van der Waals surface area contributed by atoms with Crippen molar-refractivity contribution in [3.8, 4) is 0 Å². The third kappa shape index (κ3) is 3.30. The average molecular weight is 261 g/mol. The van der Waals surface area contributed by atoms with Crippen LogP contribution in [0.5, 0.6) is 0 Å². The van der Waals surface area contributed by atoms with Crippen molar-refractivity contribution in [1.29, 1.82) is 0 Å². The summed E-state index contributed by atoms with van der Waals surface area (Å²) in [5.74, 6) is -0.0975. The molecule has 5 heteroatoms. The Morgan fingerprint density at radius 2 is 2.44 bits per heavy atom. The summed E-state index contributed by atoms with van der Waals surface area (Å²) in [6.45, 7) is 1.97. The number of amides is 1. The third-order valence-corrected chi connectivity index (χ3v) is 3.54. The minimum Gasteiger partial charge on any atom is -0.345 e. The van der Waals surface area contributed by atoms with E-state index in [9.17, 15) is 4.79 Å². The maximum Gasteiger partial charge on any atom is 0.244 e. The first-order valence-corrected chi connectivity index (χ1v) is 6.54. The van der Waals surface area contributed by atoms with Crippen LogP contribution in [-0.2, 0) is 11.8 Å². The Balaban J connectivity index is 1.91. The molecule has 0 radical (unpaired) electrons. The van der Waals surface area contributed by atoms with Gasteiger partial charge in [0.15, 0.2) is 0 Å². The maximum absolute atomic E-state index is 11.7. The van der Waals surface area contributed by atoms with Crippen LogP contribution < -0.4 is 5.32 Å². The molecule has 0 aromatic carbocycles. The van der Waals surface area contributed by atoms with Crippen LogP contribution in [0.2, 0.25) is 0 Å². The van der Waals surface area contributed by atoms with Gasteiger partial charge in [-0.3, -0.25) is 9.48 Å². The molecule has 1 atom stereocenters. The highest BCUT2D eigenvalue weighted by Crippen LogP contribution is 2.17. The van der Waals surface area contributed by atoms with Crippen molar-refractivity contribution < 1.29 is 4.79 Å². The van der Waals surface area contributed by atoms with Crippen LogP contribution in [0.3, 0.4) is 0 Å². The van der Waals surface area contributed by atoms with Gasteiger partial charge < -0.3 is 5.32 Å². The van der Waals surface area contributed by atoms with Gasteiger partial charge in [0.05, 0.1) is 12.2 Å². The molecule has 0 aliphatic heterocycles. The quantitative estimate of drug-likeness (QED) is 0.859. The van der Waals surface area contributed by atoms with Gasteiger partial charge in [-0.2, -0.15) is 5.10 Å². The minimum atomic E-state index is -0.0975. The van der Waals surface area contributed by atoms with E-state index in [-0.39, 0.29) is 11.9 Å². The second kappa shape index (κ2) is 5.64. The topological polar surface area (TPSA) is 46.9 Å². The molecule has 0 aliphatic rings. The molecular formula is C13H15N3OS. The van der Waals surface area contributed by atoms with Crippen LogP contribution in [0.4, 0.5) is 0 Å². The summed E-state index contributed by atoms with van der Waals surface area (Å²) in [4.78, 5) is 12.9. The number of hydrogen-bond donors (Lipinski definition) is 1. The van der Waals surface area contributed by atoms with Crippen LogP contribution in [0.15, 0.2) is 36.0 Å². The first-order chi connectivity index (χ1) is 8.65. The van der Waals surface area contributed by atoms with Gasteiger partial charge in [-0.1, -0.05) is 6.07 Å². The highest BCUT2D eigenvalue weighted by molar-refractivity contribution is 7.10. The van der Waals surface area contributed by atoms with Crippen LogP contribution in [0, 0.1) is 0 Å². The lowest BCUT2D eigenvalue weighted by molar-refractivity contribution is -0.117. The molecular weight excluding hydrogens is 246 g/mol. The molecule has 1 N–H and O–H groups in total. The summed E-state index contributed by atoms with van der Waals surface area (Å²) in [6, 6.07) is 4.03. The summed E-state index contributed by atoms with van der Waals surface area (Å²) < 4.78 is 1.70. The molecule has 0 bridgehead atoms. The molecule has 0 spiro atoms. The molecule has 0 saturated heterocycles. The molecule has 2 aromatic rings. The van der Waals surface area contributed by atoms with E-state index in [4.69, 9.17) is 0 Å². The first-order valence-electron chi connectivity index (χ1n) is 5.66. The lowest BCUT2D eigenvalue weighted by Gasteiger charge is -2.09. The lowest BCUT2D eigenvalue weighted by Crippen LogP contribution is -2.23. The fourth-order valence-electron chi connectivity index (χ4n) is 1.57. The smallest absolute Gasteiger partial charge is 0.244 e. The van der Waals surface area contributed by atoms with E-state index in [2.05, 4.69) is 10.4 Å². The van der Waals surface area contributed by atoms with Gasteiger partial charge in [0, 0.05) is 29.8 Å². The summed E-state index contributed by atoms with van der Waals surface area (Å²) in [7, 11) is 1.84. The molecule has 2 heterocycles. The van der Waals surface area contributed by atoms with Crippen LogP contribution in [-0.4, -0.2) is 15.7 Å². The van der Waals surface area contributed by atoms with E-state index in [1.807, 2.05) is 37.7 Å². The van der Waals surface area contributed by atoms with E-state index >= 15 is 0 Å². The molecule has 0 saturated carbocycles. The highest BCUT2D eigenvalue weighted by Gasteiger charge is 2.07. The van der Waals surface area contributed by atoms with Crippen LogP contribution in [0.25, 0.3) is 6.08 Å². The highest BCUT2D eigenvalue weighted by atomic mass is 32.1. The normalized spacial score (nSPS) is 12.8. The molecule has 94 valence electrons. The summed E-state index contributed by atoms with van der Waals surface area (Å²) in [5, 5.41) is 8.95. The van der Waals surface area contributed by atoms with Gasteiger partial charge in [-0.05, 0) is 24.4 Å². The van der Waals surface area contributed by atoms with Crippen molar-refractivity contribution in [3.05, 3.63) is 46.4 Å². The molecule has 0 unspecified atom stereocenters. The average Bonchev–Trinajstić information content (AvgIpc) is 2.97. The van der Waals surface area contributed by atoms with Crippen molar-refractivity contribution in [2.24, 2.45) is 7.05 Å². The van der Waals surface area contributed by atoms with Crippen molar-refractivity contribution >= 4 is 23.3 Å². The Kier molecular flexibility index (Phi) is 3.94. The van der Waals surface area contributed by atoms with Gasteiger partial charge in [0.2, 0.25) is 5.91 Å². The predicted molar refractivity (Wildman–Crippen MR) is 73.1 cm³/mol. The molecule has 4 nitrogen and oxygen atoms in total. The number of hydrogen-bond acceptors (Lipinski definition) is 3. The molecule has 0 aliphatic carbocycles. The molecule has 2 aromatic heterocycles. The number of carbonyl (C=O) groups excluding carboxylic acids is 1. The van der Waals surface area contributed by atoms with E-state index in [0.29, 0.717) is 0 Å². The fourth-order valence-corrected chi connectivity index (χ4v) is 2.30. The van der Waals surface area contributed by atoms with Gasteiger partial charge in [-0.25, -0.2) is 0 Å². The second-order valence-electron chi connectivity index (χ2n) is 4.03. The van der Waals surface area contributed by atoms with Gasteiger partial charge >= 0.3 is 0 Å².